The van der Waals surface area contributed by atoms with Gasteiger partial charge in [0, 0.05) is 23.4 Å². The third-order valence-electron chi connectivity index (χ3n) is 2.85. The second kappa shape index (κ2) is 5.86. The number of aromatic nitrogens is 2. The summed E-state index contributed by atoms with van der Waals surface area (Å²) in [6.07, 6.45) is 0. The Bertz CT molecular complexity index is 802. The molecule has 0 spiro atoms. The highest BCUT2D eigenvalue weighted by atomic mass is 32.1. The van der Waals surface area contributed by atoms with Gasteiger partial charge in [0.25, 0.3) is 5.69 Å². The molecule has 0 aliphatic carbocycles. The molecule has 0 bridgehead atoms. The van der Waals surface area contributed by atoms with Gasteiger partial charge in [0.1, 0.15) is 10.8 Å². The van der Waals surface area contributed by atoms with Gasteiger partial charge in [-0.1, -0.05) is 11.3 Å². The topological polar surface area (TPSA) is 81.0 Å². The molecule has 0 aliphatic rings. The molecule has 0 amide bonds. The van der Waals surface area contributed by atoms with Crippen molar-refractivity contribution in [2.45, 2.75) is 0 Å². The number of non-ortho nitro benzene ring substituents is 1. The molecule has 3 rings (SSSR count). The second-order valence-electron chi connectivity index (χ2n) is 4.35. The molecule has 8 heteroatoms. The lowest BCUT2D eigenvalue weighted by Crippen LogP contribution is -1.91. The highest BCUT2D eigenvalue weighted by Gasteiger charge is 2.08. The summed E-state index contributed by atoms with van der Waals surface area (Å²) in [5, 5.41) is 22.8. The largest absolute Gasteiger partial charge is 0.330 e. The first kappa shape index (κ1) is 14.1. The standard InChI is InChI=1S/C14H9FN4O2S/c15-10-3-1-9(2-4-10)13-17-18-14(22-13)16-11-5-7-12(8-6-11)19(20)21/h1-8H,(H,16,18). The minimum atomic E-state index is -0.457. The molecule has 1 aromatic heterocycles. The molecule has 0 fully saturated rings. The van der Waals surface area contributed by atoms with Crippen molar-refractivity contribution in [2.75, 3.05) is 5.32 Å². The summed E-state index contributed by atoms with van der Waals surface area (Å²) in [6.45, 7) is 0. The molecule has 1 N–H and O–H groups in total. The van der Waals surface area contributed by atoms with E-state index in [2.05, 4.69) is 15.5 Å². The van der Waals surface area contributed by atoms with E-state index in [0.29, 0.717) is 15.8 Å². The number of hydrogen-bond donors (Lipinski definition) is 1. The van der Waals surface area contributed by atoms with Crippen LogP contribution in [0, 0.1) is 15.9 Å². The maximum absolute atomic E-state index is 12.9. The minimum Gasteiger partial charge on any atom is -0.330 e. The van der Waals surface area contributed by atoms with Crippen LogP contribution in [0.2, 0.25) is 0 Å². The second-order valence-corrected chi connectivity index (χ2v) is 5.33. The monoisotopic (exact) mass is 316 g/mol. The molecular formula is C14H9FN4O2S. The molecule has 2 aromatic carbocycles. The number of hydrogen-bond acceptors (Lipinski definition) is 6. The van der Waals surface area contributed by atoms with E-state index in [1.165, 1.54) is 35.6 Å². The van der Waals surface area contributed by atoms with Crippen molar-refractivity contribution in [2.24, 2.45) is 0 Å². The molecule has 0 saturated carbocycles. The van der Waals surface area contributed by atoms with E-state index >= 15 is 0 Å². The summed E-state index contributed by atoms with van der Waals surface area (Å²) in [5.41, 5.74) is 1.47. The molecule has 0 aliphatic heterocycles. The fourth-order valence-corrected chi connectivity index (χ4v) is 2.54. The summed E-state index contributed by atoms with van der Waals surface area (Å²) in [7, 11) is 0. The van der Waals surface area contributed by atoms with Crippen LogP contribution in [0.15, 0.2) is 48.5 Å². The Morgan fingerprint density at radius 2 is 1.73 bits per heavy atom. The van der Waals surface area contributed by atoms with E-state index in [1.807, 2.05) is 0 Å². The Morgan fingerprint density at radius 3 is 2.36 bits per heavy atom. The van der Waals surface area contributed by atoms with Gasteiger partial charge in [-0.15, -0.1) is 10.2 Å². The van der Waals surface area contributed by atoms with Gasteiger partial charge in [-0.25, -0.2) is 4.39 Å². The first-order chi connectivity index (χ1) is 10.6. The molecule has 1 heterocycles. The molecule has 110 valence electrons. The predicted molar refractivity (Wildman–Crippen MR) is 81.7 cm³/mol. The number of halogens is 1. The van der Waals surface area contributed by atoms with Gasteiger partial charge < -0.3 is 5.32 Å². The smallest absolute Gasteiger partial charge is 0.269 e. The van der Waals surface area contributed by atoms with E-state index in [4.69, 9.17) is 0 Å². The Balaban J connectivity index is 1.76. The molecule has 3 aromatic rings. The lowest BCUT2D eigenvalue weighted by atomic mass is 10.2. The van der Waals surface area contributed by atoms with Crippen molar-refractivity contribution >= 4 is 27.8 Å². The maximum Gasteiger partial charge on any atom is 0.269 e. The Labute approximate surface area is 128 Å². The van der Waals surface area contributed by atoms with E-state index in [9.17, 15) is 14.5 Å². The van der Waals surface area contributed by atoms with Gasteiger partial charge in [0.05, 0.1) is 4.92 Å². The highest BCUT2D eigenvalue weighted by Crippen LogP contribution is 2.28. The van der Waals surface area contributed by atoms with Gasteiger partial charge in [-0.2, -0.15) is 0 Å². The van der Waals surface area contributed by atoms with Crippen molar-refractivity contribution in [1.82, 2.24) is 10.2 Å². The van der Waals surface area contributed by atoms with Crippen molar-refractivity contribution in [1.29, 1.82) is 0 Å². The maximum atomic E-state index is 12.9. The first-order valence-electron chi connectivity index (χ1n) is 6.23. The number of anilines is 2. The summed E-state index contributed by atoms with van der Waals surface area (Å²) < 4.78 is 12.9. The third kappa shape index (κ3) is 3.07. The van der Waals surface area contributed by atoms with E-state index in [-0.39, 0.29) is 11.5 Å². The van der Waals surface area contributed by atoms with Crippen molar-refractivity contribution in [3.8, 4) is 10.6 Å². The number of rotatable bonds is 4. The predicted octanol–water partition coefficient (Wildman–Crippen LogP) is 4.00. The quantitative estimate of drug-likeness (QED) is 0.581. The average molecular weight is 316 g/mol. The minimum absolute atomic E-state index is 0.0230. The van der Waals surface area contributed by atoms with Crippen LogP contribution in [0.1, 0.15) is 0 Å². The van der Waals surface area contributed by atoms with E-state index in [1.54, 1.807) is 24.3 Å². The van der Waals surface area contributed by atoms with Gasteiger partial charge in [-0.05, 0) is 36.4 Å². The SMILES string of the molecule is O=[N+]([O-])c1ccc(Nc2nnc(-c3ccc(F)cc3)s2)cc1. The molecule has 0 unspecified atom stereocenters. The van der Waals surface area contributed by atoms with Crippen molar-refractivity contribution < 1.29 is 9.31 Å². The van der Waals surface area contributed by atoms with Crippen LogP contribution in [0.3, 0.4) is 0 Å². The molecule has 0 atom stereocenters. The third-order valence-corrected chi connectivity index (χ3v) is 3.73. The molecule has 6 nitrogen and oxygen atoms in total. The van der Waals surface area contributed by atoms with Gasteiger partial charge in [0.2, 0.25) is 5.13 Å². The highest BCUT2D eigenvalue weighted by molar-refractivity contribution is 7.18. The lowest BCUT2D eigenvalue weighted by Gasteiger charge is -2.00. The first-order valence-corrected chi connectivity index (χ1v) is 7.04. The van der Waals surface area contributed by atoms with Crippen LogP contribution in [0.25, 0.3) is 10.6 Å². The van der Waals surface area contributed by atoms with E-state index < -0.39 is 4.92 Å². The molecule has 0 saturated heterocycles. The zero-order chi connectivity index (χ0) is 15.5. The van der Waals surface area contributed by atoms with Gasteiger partial charge in [-0.3, -0.25) is 10.1 Å². The number of nitrogens with one attached hydrogen (secondary N) is 1. The van der Waals surface area contributed by atoms with Crippen LogP contribution < -0.4 is 5.32 Å². The molecular weight excluding hydrogens is 307 g/mol. The zero-order valence-corrected chi connectivity index (χ0v) is 11.9. The van der Waals surface area contributed by atoms with Crippen LogP contribution in [-0.2, 0) is 0 Å². The summed E-state index contributed by atoms with van der Waals surface area (Å²) in [6, 6.07) is 12.0. The van der Waals surface area contributed by atoms with Gasteiger partial charge in [0.15, 0.2) is 0 Å². The average Bonchev–Trinajstić information content (AvgIpc) is 2.97. The number of nitro benzene ring substituents is 1. The Morgan fingerprint density at radius 1 is 1.05 bits per heavy atom. The van der Waals surface area contributed by atoms with Crippen LogP contribution in [-0.4, -0.2) is 15.1 Å². The number of benzene rings is 2. The van der Waals surface area contributed by atoms with Crippen LogP contribution in [0.4, 0.5) is 20.9 Å². The van der Waals surface area contributed by atoms with Crippen LogP contribution in [0.5, 0.6) is 0 Å². The normalized spacial score (nSPS) is 10.4. The summed E-state index contributed by atoms with van der Waals surface area (Å²) in [4.78, 5) is 10.1. The van der Waals surface area contributed by atoms with Crippen LogP contribution >= 0.6 is 11.3 Å². The Kier molecular flexibility index (Phi) is 3.75. The summed E-state index contributed by atoms with van der Waals surface area (Å²) >= 11 is 1.31. The summed E-state index contributed by atoms with van der Waals surface area (Å²) in [5.74, 6) is -0.308. The number of nitro groups is 1. The zero-order valence-electron chi connectivity index (χ0n) is 11.1. The Hall–Kier alpha value is -2.87. The fraction of sp³-hybridized carbons (Fsp3) is 0. The lowest BCUT2D eigenvalue weighted by molar-refractivity contribution is -0.384. The van der Waals surface area contributed by atoms with Crippen molar-refractivity contribution in [3.05, 3.63) is 64.5 Å². The van der Waals surface area contributed by atoms with E-state index in [0.717, 1.165) is 5.56 Å². The van der Waals surface area contributed by atoms with Crippen molar-refractivity contribution in [3.63, 3.8) is 0 Å². The van der Waals surface area contributed by atoms with Gasteiger partial charge >= 0.3 is 0 Å². The number of nitrogens with zero attached hydrogens (tertiary/aromatic N) is 3. The fourth-order valence-electron chi connectivity index (χ4n) is 1.77. The molecule has 22 heavy (non-hydrogen) atoms. The molecule has 0 radical (unpaired) electrons.